The molecule has 0 saturated carbocycles. The minimum Gasteiger partial charge on any atom is -0.454 e. The molecule has 1 fully saturated rings. The number of aromatic nitrogens is 2. The number of halogens is 2. The Morgan fingerprint density at radius 2 is 1.68 bits per heavy atom. The van der Waals surface area contributed by atoms with Gasteiger partial charge in [-0.1, -0.05) is 0 Å². The molecule has 0 aliphatic carbocycles. The molecule has 0 spiro atoms. The summed E-state index contributed by atoms with van der Waals surface area (Å²) in [5, 5.41) is 0.601. The van der Waals surface area contributed by atoms with E-state index in [1.807, 2.05) is 0 Å². The van der Waals surface area contributed by atoms with Gasteiger partial charge >= 0.3 is 0 Å². The van der Waals surface area contributed by atoms with Crippen molar-refractivity contribution in [1.82, 2.24) is 9.55 Å². The number of pyridine rings is 1. The van der Waals surface area contributed by atoms with Crippen LogP contribution in [0.5, 0.6) is 11.5 Å². The largest absolute Gasteiger partial charge is 0.454 e. The van der Waals surface area contributed by atoms with E-state index in [-0.39, 0.29) is 41.7 Å². The summed E-state index contributed by atoms with van der Waals surface area (Å²) in [5.41, 5.74) is 2.08. The highest BCUT2D eigenvalue weighted by atomic mass is 19.1. The van der Waals surface area contributed by atoms with E-state index < -0.39 is 11.6 Å². The SMILES string of the molecule is Cc1cc(Oc2ccc(F)cc2F)c(-c2cn(C)c3c(=O)[nH]ccc23)cc1N1C(=O)CCC1=O. The Hall–Kier alpha value is -4.27. The van der Waals surface area contributed by atoms with Crippen LogP contribution >= 0.6 is 0 Å². The van der Waals surface area contributed by atoms with Crippen LogP contribution in [0.2, 0.25) is 0 Å². The summed E-state index contributed by atoms with van der Waals surface area (Å²) in [7, 11) is 1.71. The predicted molar refractivity (Wildman–Crippen MR) is 122 cm³/mol. The van der Waals surface area contributed by atoms with Crippen LogP contribution in [-0.4, -0.2) is 21.4 Å². The summed E-state index contributed by atoms with van der Waals surface area (Å²) < 4.78 is 35.3. The van der Waals surface area contributed by atoms with E-state index in [4.69, 9.17) is 4.74 Å². The Morgan fingerprint density at radius 1 is 0.941 bits per heavy atom. The zero-order chi connectivity index (χ0) is 24.1. The Morgan fingerprint density at radius 3 is 2.38 bits per heavy atom. The fraction of sp³-hybridized carbons (Fsp3) is 0.160. The van der Waals surface area contributed by atoms with Crippen molar-refractivity contribution < 1.29 is 23.1 Å². The summed E-state index contributed by atoms with van der Waals surface area (Å²) in [6, 6.07) is 7.92. The molecule has 4 aromatic rings. The molecule has 0 radical (unpaired) electrons. The molecule has 1 saturated heterocycles. The normalized spacial score (nSPS) is 13.8. The van der Waals surface area contributed by atoms with Gasteiger partial charge in [0, 0.05) is 54.9 Å². The third-order valence-electron chi connectivity index (χ3n) is 5.89. The molecule has 172 valence electrons. The van der Waals surface area contributed by atoms with Crippen LogP contribution in [0.25, 0.3) is 22.0 Å². The number of aromatic amines is 1. The van der Waals surface area contributed by atoms with Crippen molar-refractivity contribution in [3.63, 3.8) is 0 Å². The smallest absolute Gasteiger partial charge is 0.272 e. The molecule has 2 aromatic heterocycles. The van der Waals surface area contributed by atoms with Gasteiger partial charge in [0.2, 0.25) is 11.8 Å². The first-order chi connectivity index (χ1) is 16.2. The molecule has 0 atom stereocenters. The molecule has 1 aliphatic rings. The van der Waals surface area contributed by atoms with E-state index in [2.05, 4.69) is 4.98 Å². The lowest BCUT2D eigenvalue weighted by atomic mass is 10.0. The van der Waals surface area contributed by atoms with Crippen LogP contribution in [0, 0.1) is 18.6 Å². The lowest BCUT2D eigenvalue weighted by Crippen LogP contribution is -2.29. The lowest BCUT2D eigenvalue weighted by molar-refractivity contribution is -0.121. The van der Waals surface area contributed by atoms with Gasteiger partial charge in [0.25, 0.3) is 5.56 Å². The van der Waals surface area contributed by atoms with Crippen LogP contribution in [0.15, 0.2) is 53.6 Å². The van der Waals surface area contributed by atoms with E-state index in [9.17, 15) is 23.2 Å². The van der Waals surface area contributed by atoms with Gasteiger partial charge in [0.15, 0.2) is 11.6 Å². The zero-order valence-corrected chi connectivity index (χ0v) is 18.3. The average Bonchev–Trinajstić information content (AvgIpc) is 3.30. The third kappa shape index (κ3) is 3.45. The number of H-pyrrole nitrogens is 1. The topological polar surface area (TPSA) is 84.4 Å². The average molecular weight is 463 g/mol. The first-order valence-corrected chi connectivity index (χ1v) is 10.5. The summed E-state index contributed by atoms with van der Waals surface area (Å²) in [6.45, 7) is 1.71. The standard InChI is InChI=1S/C25H19F2N3O4/c1-13-9-21(34-20-4-3-14(26)10-18(20)27)16(11-19(13)30-22(31)5-6-23(30)32)17-12-29(2)24-15(17)7-8-28-25(24)33/h3-4,7-12H,5-6H2,1-2H3,(H,28,33). The van der Waals surface area contributed by atoms with Gasteiger partial charge in [-0.25, -0.2) is 8.78 Å². The number of aryl methyl sites for hydroxylation is 2. The second-order valence-electron chi connectivity index (χ2n) is 8.16. The number of carbonyl (C=O) groups excluding carboxylic acids is 2. The molecule has 2 amide bonds. The van der Waals surface area contributed by atoms with Crippen LogP contribution in [0.3, 0.4) is 0 Å². The molecule has 1 aliphatic heterocycles. The predicted octanol–water partition coefficient (Wildman–Crippen LogP) is 4.57. The number of hydrogen-bond acceptors (Lipinski definition) is 4. The Balaban J connectivity index is 1.76. The van der Waals surface area contributed by atoms with Crippen molar-refractivity contribution in [3.8, 4) is 22.6 Å². The summed E-state index contributed by atoms with van der Waals surface area (Å²) >= 11 is 0. The van der Waals surface area contributed by atoms with Crippen molar-refractivity contribution >= 4 is 28.4 Å². The third-order valence-corrected chi connectivity index (χ3v) is 5.89. The Kier molecular flexibility index (Phi) is 5.04. The Bertz CT molecular complexity index is 1540. The van der Waals surface area contributed by atoms with Crippen molar-refractivity contribution in [2.45, 2.75) is 19.8 Å². The van der Waals surface area contributed by atoms with Gasteiger partial charge in [-0.2, -0.15) is 0 Å². The number of nitrogens with zero attached hydrogens (tertiary/aromatic N) is 2. The maximum atomic E-state index is 14.4. The quantitative estimate of drug-likeness (QED) is 0.450. The highest BCUT2D eigenvalue weighted by molar-refractivity contribution is 6.20. The Labute approximate surface area is 192 Å². The number of amides is 2. The number of ether oxygens (including phenoxy) is 1. The van der Waals surface area contributed by atoms with E-state index >= 15 is 0 Å². The number of anilines is 1. The number of carbonyl (C=O) groups is 2. The van der Waals surface area contributed by atoms with Crippen molar-refractivity contribution in [2.75, 3.05) is 4.90 Å². The molecular weight excluding hydrogens is 444 g/mol. The fourth-order valence-corrected chi connectivity index (χ4v) is 4.31. The number of benzene rings is 2. The first-order valence-electron chi connectivity index (χ1n) is 10.5. The highest BCUT2D eigenvalue weighted by Gasteiger charge is 2.32. The maximum absolute atomic E-state index is 14.4. The molecule has 0 bridgehead atoms. The van der Waals surface area contributed by atoms with E-state index in [0.717, 1.165) is 17.0 Å². The van der Waals surface area contributed by atoms with E-state index in [1.165, 1.54) is 12.3 Å². The number of nitrogens with one attached hydrogen (secondary N) is 1. The zero-order valence-electron chi connectivity index (χ0n) is 18.3. The molecule has 2 aromatic carbocycles. The molecule has 5 rings (SSSR count). The number of hydrogen-bond donors (Lipinski definition) is 1. The minimum absolute atomic E-state index is 0.121. The maximum Gasteiger partial charge on any atom is 0.272 e. The molecule has 34 heavy (non-hydrogen) atoms. The van der Waals surface area contributed by atoms with E-state index in [1.54, 1.807) is 42.9 Å². The van der Waals surface area contributed by atoms with Gasteiger partial charge in [-0.15, -0.1) is 0 Å². The van der Waals surface area contributed by atoms with Gasteiger partial charge < -0.3 is 14.3 Å². The molecule has 1 N–H and O–H groups in total. The second kappa shape index (κ2) is 7.95. The molecule has 9 heteroatoms. The second-order valence-corrected chi connectivity index (χ2v) is 8.16. The van der Waals surface area contributed by atoms with Gasteiger partial charge in [0.1, 0.15) is 17.1 Å². The fourth-order valence-electron chi connectivity index (χ4n) is 4.31. The lowest BCUT2D eigenvalue weighted by Gasteiger charge is -2.20. The monoisotopic (exact) mass is 463 g/mol. The van der Waals surface area contributed by atoms with E-state index in [0.29, 0.717) is 33.3 Å². The molecule has 7 nitrogen and oxygen atoms in total. The molecule has 3 heterocycles. The summed E-state index contributed by atoms with van der Waals surface area (Å²) in [6.07, 6.45) is 3.47. The van der Waals surface area contributed by atoms with Crippen LogP contribution in [0.1, 0.15) is 18.4 Å². The number of fused-ring (bicyclic) bond motifs is 1. The van der Waals surface area contributed by atoms with Crippen molar-refractivity contribution in [2.24, 2.45) is 7.05 Å². The van der Waals surface area contributed by atoms with Crippen LogP contribution in [-0.2, 0) is 16.6 Å². The van der Waals surface area contributed by atoms with Gasteiger partial charge in [0.05, 0.1) is 5.69 Å². The molecular formula is C25H19F2N3O4. The number of imide groups is 1. The highest BCUT2D eigenvalue weighted by Crippen LogP contribution is 2.42. The van der Waals surface area contributed by atoms with Crippen LogP contribution in [0.4, 0.5) is 14.5 Å². The minimum atomic E-state index is -0.882. The van der Waals surface area contributed by atoms with Gasteiger partial charge in [-0.05, 0) is 42.8 Å². The summed E-state index contributed by atoms with van der Waals surface area (Å²) in [5.74, 6) is -2.22. The van der Waals surface area contributed by atoms with Crippen molar-refractivity contribution in [1.29, 1.82) is 0 Å². The number of rotatable bonds is 4. The van der Waals surface area contributed by atoms with Gasteiger partial charge in [-0.3, -0.25) is 19.3 Å². The first kappa shape index (κ1) is 21.6. The summed E-state index contributed by atoms with van der Waals surface area (Å²) in [4.78, 5) is 41.1. The van der Waals surface area contributed by atoms with Crippen LogP contribution < -0.4 is 15.2 Å². The van der Waals surface area contributed by atoms with Crippen molar-refractivity contribution in [3.05, 3.63) is 76.3 Å². The molecule has 0 unspecified atom stereocenters.